The number of rotatable bonds is 2. The first kappa shape index (κ1) is 12.6. The van der Waals surface area contributed by atoms with Crippen LogP contribution >= 0.6 is 11.6 Å². The van der Waals surface area contributed by atoms with Crippen LogP contribution in [0.1, 0.15) is 11.4 Å². The summed E-state index contributed by atoms with van der Waals surface area (Å²) in [7, 11) is 0. The molecule has 0 bridgehead atoms. The Balaban J connectivity index is 2.14. The lowest BCUT2D eigenvalue weighted by Crippen LogP contribution is -2.07. The Bertz CT molecular complexity index is 559. The molecule has 0 spiro atoms. The van der Waals surface area contributed by atoms with Crippen molar-refractivity contribution >= 4 is 23.8 Å². The van der Waals surface area contributed by atoms with Crippen LogP contribution in [0.15, 0.2) is 29.3 Å². The quantitative estimate of drug-likeness (QED) is 0.855. The number of nitrogens with one attached hydrogen (secondary N) is 1. The molecule has 0 aliphatic rings. The zero-order chi connectivity index (χ0) is 13.2. The number of H-pyrrole nitrogens is 1. The van der Waals surface area contributed by atoms with Gasteiger partial charge in [-0.05, 0) is 17.7 Å². The van der Waals surface area contributed by atoms with Gasteiger partial charge < -0.3 is 0 Å². The molecule has 0 aliphatic carbocycles. The van der Waals surface area contributed by atoms with Crippen LogP contribution in [0.4, 0.5) is 19.1 Å². The number of benzene rings is 1. The van der Waals surface area contributed by atoms with Gasteiger partial charge in [-0.25, -0.2) is 4.99 Å². The summed E-state index contributed by atoms with van der Waals surface area (Å²) >= 11 is 5.68. The van der Waals surface area contributed by atoms with Crippen LogP contribution in [-0.2, 0) is 6.18 Å². The van der Waals surface area contributed by atoms with Gasteiger partial charge in [-0.15, -0.1) is 5.10 Å². The van der Waals surface area contributed by atoms with Crippen molar-refractivity contribution in [3.05, 3.63) is 40.7 Å². The summed E-state index contributed by atoms with van der Waals surface area (Å²) in [4.78, 5) is 6.92. The highest BCUT2D eigenvalue weighted by atomic mass is 35.5. The van der Waals surface area contributed by atoms with Crippen molar-refractivity contribution in [3.8, 4) is 0 Å². The average molecular weight is 275 g/mol. The number of alkyl halides is 3. The molecule has 4 nitrogen and oxygen atoms in total. The predicted molar refractivity (Wildman–Crippen MR) is 60.1 cm³/mol. The number of aromatic amines is 1. The molecule has 2 rings (SSSR count). The molecule has 1 aromatic carbocycles. The van der Waals surface area contributed by atoms with Crippen LogP contribution in [-0.4, -0.2) is 21.4 Å². The molecule has 2 aromatic rings. The molecular formula is C10H6ClF3N4. The highest BCUT2D eigenvalue weighted by Crippen LogP contribution is 2.26. The maximum atomic E-state index is 12.2. The Morgan fingerprint density at radius 1 is 1.22 bits per heavy atom. The third-order valence-corrected chi connectivity index (χ3v) is 2.19. The van der Waals surface area contributed by atoms with Gasteiger partial charge in [0, 0.05) is 11.2 Å². The largest absolute Gasteiger partial charge is 0.451 e. The molecule has 18 heavy (non-hydrogen) atoms. The van der Waals surface area contributed by atoms with E-state index in [0.29, 0.717) is 10.6 Å². The minimum Gasteiger partial charge on any atom is -0.253 e. The Morgan fingerprint density at radius 2 is 1.89 bits per heavy atom. The number of halogens is 4. The van der Waals surface area contributed by atoms with E-state index in [9.17, 15) is 13.2 Å². The van der Waals surface area contributed by atoms with E-state index in [1.807, 2.05) is 0 Å². The molecule has 0 aliphatic heterocycles. The van der Waals surface area contributed by atoms with Gasteiger partial charge >= 0.3 is 6.18 Å². The van der Waals surface area contributed by atoms with Crippen molar-refractivity contribution in [2.45, 2.75) is 6.18 Å². The van der Waals surface area contributed by atoms with Gasteiger partial charge in [0.1, 0.15) is 0 Å². The van der Waals surface area contributed by atoms with Crippen molar-refractivity contribution < 1.29 is 13.2 Å². The zero-order valence-corrected chi connectivity index (χ0v) is 9.50. The average Bonchev–Trinajstić information content (AvgIpc) is 2.77. The van der Waals surface area contributed by atoms with E-state index in [4.69, 9.17) is 11.6 Å². The minimum atomic E-state index is -4.55. The molecule has 0 atom stereocenters. The second kappa shape index (κ2) is 4.77. The Hall–Kier alpha value is -1.89. The number of nitrogens with zero attached hydrogens (tertiary/aromatic N) is 3. The lowest BCUT2D eigenvalue weighted by atomic mass is 10.2. The third-order valence-electron chi connectivity index (χ3n) is 1.94. The molecule has 1 aromatic heterocycles. The standard InChI is InChI=1S/C10H6ClF3N4/c11-7-3-1-6(2-4-7)5-15-9-16-8(17-18-9)10(12,13)14/h1-5H,(H,16,17,18)/b15-5+. The number of aromatic nitrogens is 3. The summed E-state index contributed by atoms with van der Waals surface area (Å²) < 4.78 is 36.6. The molecular weight excluding hydrogens is 269 g/mol. The number of aliphatic imine (C=N–C) groups is 1. The van der Waals surface area contributed by atoms with Gasteiger partial charge in [-0.2, -0.15) is 18.2 Å². The monoisotopic (exact) mass is 274 g/mol. The lowest BCUT2D eigenvalue weighted by molar-refractivity contribution is -0.144. The highest BCUT2D eigenvalue weighted by Gasteiger charge is 2.35. The van der Waals surface area contributed by atoms with Crippen LogP contribution < -0.4 is 0 Å². The van der Waals surface area contributed by atoms with Crippen molar-refractivity contribution in [2.75, 3.05) is 0 Å². The lowest BCUT2D eigenvalue weighted by Gasteiger charge is -1.97. The SMILES string of the molecule is FC(F)(F)c1nc(/N=C/c2ccc(Cl)cc2)n[nH]1. The first-order valence-electron chi connectivity index (χ1n) is 4.74. The van der Waals surface area contributed by atoms with Crippen LogP contribution in [0, 0.1) is 0 Å². The normalized spacial score (nSPS) is 12.2. The van der Waals surface area contributed by atoms with E-state index in [1.165, 1.54) is 6.21 Å². The smallest absolute Gasteiger partial charge is 0.253 e. The second-order valence-corrected chi connectivity index (χ2v) is 3.73. The van der Waals surface area contributed by atoms with E-state index in [2.05, 4.69) is 15.1 Å². The molecule has 1 heterocycles. The zero-order valence-electron chi connectivity index (χ0n) is 8.74. The van der Waals surface area contributed by atoms with Gasteiger partial charge in [-0.1, -0.05) is 23.7 Å². The van der Waals surface area contributed by atoms with Gasteiger partial charge in [-0.3, -0.25) is 5.10 Å². The van der Waals surface area contributed by atoms with Gasteiger partial charge in [0.25, 0.3) is 5.95 Å². The first-order chi connectivity index (χ1) is 8.45. The molecule has 0 saturated heterocycles. The van der Waals surface area contributed by atoms with E-state index < -0.39 is 12.0 Å². The topological polar surface area (TPSA) is 53.9 Å². The van der Waals surface area contributed by atoms with Crippen molar-refractivity contribution in [3.63, 3.8) is 0 Å². The van der Waals surface area contributed by atoms with Crippen LogP contribution in [0.25, 0.3) is 0 Å². The maximum Gasteiger partial charge on any atom is 0.451 e. The fourth-order valence-electron chi connectivity index (χ4n) is 1.12. The minimum absolute atomic E-state index is 0.280. The second-order valence-electron chi connectivity index (χ2n) is 3.29. The number of hydrogen-bond donors (Lipinski definition) is 1. The van der Waals surface area contributed by atoms with Gasteiger partial charge in [0.15, 0.2) is 0 Å². The fraction of sp³-hybridized carbons (Fsp3) is 0.100. The maximum absolute atomic E-state index is 12.2. The van der Waals surface area contributed by atoms with Crippen molar-refractivity contribution in [1.82, 2.24) is 15.2 Å². The fourth-order valence-corrected chi connectivity index (χ4v) is 1.24. The van der Waals surface area contributed by atoms with Crippen molar-refractivity contribution in [1.29, 1.82) is 0 Å². The van der Waals surface area contributed by atoms with Crippen LogP contribution in [0.5, 0.6) is 0 Å². The molecule has 1 N–H and O–H groups in total. The highest BCUT2D eigenvalue weighted by molar-refractivity contribution is 6.30. The van der Waals surface area contributed by atoms with Gasteiger partial charge in [0.05, 0.1) is 0 Å². The Labute approximate surface area is 105 Å². The Kier molecular flexibility index (Phi) is 3.33. The molecule has 0 amide bonds. The molecule has 0 fully saturated rings. The summed E-state index contributed by atoms with van der Waals surface area (Å²) in [6.07, 6.45) is -3.21. The Morgan fingerprint density at radius 3 is 2.44 bits per heavy atom. The summed E-state index contributed by atoms with van der Waals surface area (Å²) in [5.41, 5.74) is 0.678. The van der Waals surface area contributed by atoms with Crippen molar-refractivity contribution in [2.24, 2.45) is 4.99 Å². The van der Waals surface area contributed by atoms with E-state index >= 15 is 0 Å². The van der Waals surface area contributed by atoms with Crippen LogP contribution in [0.2, 0.25) is 5.02 Å². The van der Waals surface area contributed by atoms with E-state index in [-0.39, 0.29) is 5.95 Å². The van der Waals surface area contributed by atoms with E-state index in [1.54, 1.807) is 29.4 Å². The summed E-state index contributed by atoms with van der Waals surface area (Å²) in [5.74, 6) is -1.46. The summed E-state index contributed by atoms with van der Waals surface area (Å²) in [5, 5.41) is 5.66. The third kappa shape index (κ3) is 3.07. The molecule has 0 unspecified atom stereocenters. The first-order valence-corrected chi connectivity index (χ1v) is 5.12. The van der Waals surface area contributed by atoms with E-state index in [0.717, 1.165) is 0 Å². The molecule has 94 valence electrons. The summed E-state index contributed by atoms with van der Waals surface area (Å²) in [6, 6.07) is 6.62. The molecule has 0 radical (unpaired) electrons. The van der Waals surface area contributed by atoms with Crippen LogP contribution in [0.3, 0.4) is 0 Å². The van der Waals surface area contributed by atoms with Gasteiger partial charge in [0.2, 0.25) is 5.82 Å². The number of hydrogen-bond acceptors (Lipinski definition) is 3. The molecule has 8 heteroatoms. The molecule has 0 saturated carbocycles. The predicted octanol–water partition coefficient (Wildman–Crippen LogP) is 3.23. The summed E-state index contributed by atoms with van der Waals surface area (Å²) in [6.45, 7) is 0.